The maximum atomic E-state index is 5.84. The van der Waals surface area contributed by atoms with E-state index in [1.807, 2.05) is 31.2 Å². The van der Waals surface area contributed by atoms with Gasteiger partial charge >= 0.3 is 0 Å². The van der Waals surface area contributed by atoms with Crippen LogP contribution in [0.1, 0.15) is 5.69 Å². The molecule has 0 N–H and O–H groups in total. The second-order valence-corrected chi connectivity index (χ2v) is 5.61. The van der Waals surface area contributed by atoms with Crippen LogP contribution in [0.25, 0.3) is 10.6 Å². The molecule has 0 fully saturated rings. The van der Waals surface area contributed by atoms with Crippen molar-refractivity contribution in [3.05, 3.63) is 35.0 Å². The van der Waals surface area contributed by atoms with Crippen molar-refractivity contribution in [3.8, 4) is 10.6 Å². The van der Waals surface area contributed by atoms with Gasteiger partial charge in [-0.15, -0.1) is 23.1 Å². The molecule has 0 atom stereocenters. The molecule has 2 aromatic rings. The first-order valence-electron chi connectivity index (χ1n) is 4.48. The highest BCUT2D eigenvalue weighted by Crippen LogP contribution is 2.33. The van der Waals surface area contributed by atoms with Gasteiger partial charge in [0.05, 0.1) is 9.90 Å². The largest absolute Gasteiger partial charge is 0.240 e. The molecule has 0 spiro atoms. The van der Waals surface area contributed by atoms with E-state index in [1.54, 1.807) is 23.1 Å². The van der Waals surface area contributed by atoms with E-state index in [9.17, 15) is 0 Å². The van der Waals surface area contributed by atoms with E-state index >= 15 is 0 Å². The third-order valence-electron chi connectivity index (χ3n) is 2.03. The van der Waals surface area contributed by atoms with Gasteiger partial charge in [-0.3, -0.25) is 0 Å². The lowest BCUT2D eigenvalue weighted by Crippen LogP contribution is -1.76. The van der Waals surface area contributed by atoms with Crippen LogP contribution < -0.4 is 0 Å². The molecule has 2 rings (SSSR count). The fourth-order valence-corrected chi connectivity index (χ4v) is 3.13. The van der Waals surface area contributed by atoms with E-state index in [0.717, 1.165) is 21.3 Å². The van der Waals surface area contributed by atoms with Gasteiger partial charge in [0.15, 0.2) is 0 Å². The molecule has 0 saturated carbocycles. The van der Waals surface area contributed by atoms with Crippen LogP contribution in [0, 0.1) is 6.92 Å². The second kappa shape index (κ2) is 4.56. The first-order chi connectivity index (χ1) is 7.20. The minimum absolute atomic E-state index is 0.761. The number of rotatable bonds is 2. The summed E-state index contributed by atoms with van der Waals surface area (Å²) in [5.74, 6) is 0. The first kappa shape index (κ1) is 11.0. The normalized spacial score (nSPS) is 10.6. The third kappa shape index (κ3) is 2.36. The van der Waals surface area contributed by atoms with Crippen LogP contribution in [0.15, 0.2) is 28.5 Å². The summed E-state index contributed by atoms with van der Waals surface area (Å²) >= 11 is 9.31. The zero-order valence-corrected chi connectivity index (χ0v) is 10.8. The molecule has 0 saturated heterocycles. The summed E-state index contributed by atoms with van der Waals surface area (Å²) in [6.07, 6.45) is 2.08. The first-order valence-corrected chi connectivity index (χ1v) is 6.90. The maximum Gasteiger partial charge on any atom is 0.124 e. The zero-order valence-electron chi connectivity index (χ0n) is 8.45. The minimum Gasteiger partial charge on any atom is -0.240 e. The van der Waals surface area contributed by atoms with Gasteiger partial charge in [0.25, 0.3) is 0 Å². The fraction of sp³-hybridized carbons (Fsp3) is 0.182. The number of nitrogens with zero attached hydrogens (tertiary/aromatic N) is 1. The summed E-state index contributed by atoms with van der Waals surface area (Å²) in [7, 11) is 0. The van der Waals surface area contributed by atoms with Crippen molar-refractivity contribution in [2.45, 2.75) is 11.1 Å². The molecule has 0 unspecified atom stereocenters. The van der Waals surface area contributed by atoms with Crippen LogP contribution in [0.4, 0.5) is 0 Å². The molecular formula is C11H10ClNS2. The van der Waals surface area contributed by atoms with Gasteiger partial charge in [-0.2, -0.15) is 0 Å². The lowest BCUT2D eigenvalue weighted by molar-refractivity contribution is 1.21. The number of thioether (sulfide) groups is 1. The van der Waals surface area contributed by atoms with E-state index in [4.69, 9.17) is 11.6 Å². The van der Waals surface area contributed by atoms with Gasteiger partial charge in [-0.05, 0) is 25.3 Å². The van der Waals surface area contributed by atoms with Crippen LogP contribution in [0.2, 0.25) is 5.02 Å². The Morgan fingerprint density at radius 1 is 1.27 bits per heavy atom. The van der Waals surface area contributed by atoms with Crippen molar-refractivity contribution in [2.24, 2.45) is 0 Å². The summed E-state index contributed by atoms with van der Waals surface area (Å²) in [5.41, 5.74) is 2.24. The number of aromatic nitrogens is 1. The highest BCUT2D eigenvalue weighted by Gasteiger charge is 2.07. The van der Waals surface area contributed by atoms with Gasteiger partial charge in [-0.25, -0.2) is 4.98 Å². The summed E-state index contributed by atoms with van der Waals surface area (Å²) in [6, 6.07) is 7.80. The van der Waals surface area contributed by atoms with Gasteiger partial charge in [0.1, 0.15) is 5.01 Å². The number of halogens is 1. The van der Waals surface area contributed by atoms with E-state index in [0.29, 0.717) is 0 Å². The Bertz CT molecular complexity index is 462. The highest BCUT2D eigenvalue weighted by atomic mass is 35.5. The monoisotopic (exact) mass is 255 g/mol. The molecule has 1 nitrogen and oxygen atoms in total. The Balaban J connectivity index is 2.41. The van der Waals surface area contributed by atoms with E-state index in [2.05, 4.69) is 11.2 Å². The standard InChI is InChI=1S/C11H10ClNS2/c1-7-11(14-2)15-10(13-7)8-3-5-9(12)6-4-8/h3-6H,1-2H3. The number of aryl methyl sites for hydroxylation is 1. The zero-order chi connectivity index (χ0) is 10.8. The van der Waals surface area contributed by atoms with E-state index in [1.165, 1.54) is 4.21 Å². The van der Waals surface area contributed by atoms with Crippen LogP contribution in [-0.2, 0) is 0 Å². The van der Waals surface area contributed by atoms with E-state index in [-0.39, 0.29) is 0 Å². The molecule has 0 aliphatic heterocycles. The van der Waals surface area contributed by atoms with Crippen LogP contribution in [0.5, 0.6) is 0 Å². The molecule has 4 heteroatoms. The minimum atomic E-state index is 0.761. The Labute approximate surface area is 103 Å². The lowest BCUT2D eigenvalue weighted by Gasteiger charge is -1.94. The van der Waals surface area contributed by atoms with Crippen LogP contribution >= 0.6 is 34.7 Å². The van der Waals surface area contributed by atoms with Crippen molar-refractivity contribution in [2.75, 3.05) is 6.26 Å². The molecule has 78 valence electrons. The second-order valence-electron chi connectivity index (χ2n) is 3.10. The van der Waals surface area contributed by atoms with Crippen LogP contribution in [0.3, 0.4) is 0 Å². The van der Waals surface area contributed by atoms with E-state index < -0.39 is 0 Å². The lowest BCUT2D eigenvalue weighted by atomic mass is 10.2. The Kier molecular flexibility index (Phi) is 3.34. The van der Waals surface area contributed by atoms with Crippen molar-refractivity contribution in [1.29, 1.82) is 0 Å². The number of benzene rings is 1. The van der Waals surface area contributed by atoms with Crippen LogP contribution in [-0.4, -0.2) is 11.2 Å². The SMILES string of the molecule is CSc1sc(-c2ccc(Cl)cc2)nc1C. The molecule has 0 radical (unpaired) electrons. The Hall–Kier alpha value is -0.510. The quantitative estimate of drug-likeness (QED) is 0.733. The number of hydrogen-bond donors (Lipinski definition) is 0. The number of thiazole rings is 1. The smallest absolute Gasteiger partial charge is 0.124 e. The van der Waals surface area contributed by atoms with Gasteiger partial charge in [-0.1, -0.05) is 23.7 Å². The third-order valence-corrected chi connectivity index (χ3v) is 4.70. The summed E-state index contributed by atoms with van der Waals surface area (Å²) < 4.78 is 1.28. The average molecular weight is 256 g/mol. The molecule has 0 aliphatic carbocycles. The van der Waals surface area contributed by atoms with Gasteiger partial charge in [0.2, 0.25) is 0 Å². The number of hydrogen-bond acceptors (Lipinski definition) is 3. The summed E-state index contributed by atoms with van der Waals surface area (Å²) in [6.45, 7) is 2.04. The van der Waals surface area contributed by atoms with Crippen molar-refractivity contribution in [1.82, 2.24) is 4.98 Å². The molecule has 0 bridgehead atoms. The maximum absolute atomic E-state index is 5.84. The van der Waals surface area contributed by atoms with Gasteiger partial charge < -0.3 is 0 Å². The Morgan fingerprint density at radius 2 is 1.93 bits per heavy atom. The average Bonchev–Trinajstić information content (AvgIpc) is 2.61. The van der Waals surface area contributed by atoms with Crippen molar-refractivity contribution >= 4 is 34.7 Å². The summed E-state index contributed by atoms with van der Waals surface area (Å²) in [4.78, 5) is 4.54. The molecule has 1 aromatic heterocycles. The predicted molar refractivity (Wildman–Crippen MR) is 69.1 cm³/mol. The molecule has 15 heavy (non-hydrogen) atoms. The van der Waals surface area contributed by atoms with Crippen molar-refractivity contribution < 1.29 is 0 Å². The topological polar surface area (TPSA) is 12.9 Å². The molecular weight excluding hydrogens is 246 g/mol. The predicted octanol–water partition coefficient (Wildman–Crippen LogP) is 4.49. The molecule has 1 heterocycles. The van der Waals surface area contributed by atoms with Crippen molar-refractivity contribution in [3.63, 3.8) is 0 Å². The Morgan fingerprint density at radius 3 is 2.47 bits per heavy atom. The van der Waals surface area contributed by atoms with Gasteiger partial charge in [0, 0.05) is 10.6 Å². The fourth-order valence-electron chi connectivity index (χ4n) is 1.29. The highest BCUT2D eigenvalue weighted by molar-refractivity contribution is 8.00. The molecule has 0 aliphatic rings. The molecule has 1 aromatic carbocycles. The molecule has 0 amide bonds. The summed E-state index contributed by atoms with van der Waals surface area (Å²) in [5, 5.41) is 1.82.